The molecular formula is C13H14N2O5S2. The van der Waals surface area contributed by atoms with Gasteiger partial charge in [-0.2, -0.15) is 0 Å². The zero-order valence-corrected chi connectivity index (χ0v) is 13.1. The summed E-state index contributed by atoms with van der Waals surface area (Å²) in [7, 11) is 0. The molecule has 4 N–H and O–H groups in total. The molecule has 1 saturated carbocycles. The van der Waals surface area contributed by atoms with Crippen molar-refractivity contribution in [2.75, 3.05) is 11.5 Å². The van der Waals surface area contributed by atoms with Crippen molar-refractivity contribution >= 4 is 47.1 Å². The van der Waals surface area contributed by atoms with Crippen LogP contribution in [0.15, 0.2) is 10.5 Å². The Labute approximate surface area is 134 Å². The van der Waals surface area contributed by atoms with Gasteiger partial charge < -0.3 is 16.2 Å². The van der Waals surface area contributed by atoms with E-state index in [0.717, 1.165) is 11.8 Å². The van der Waals surface area contributed by atoms with Crippen LogP contribution in [0.2, 0.25) is 0 Å². The number of ketones is 1. The third-order valence-electron chi connectivity index (χ3n) is 3.92. The van der Waals surface area contributed by atoms with Gasteiger partial charge in [-0.3, -0.25) is 19.2 Å². The van der Waals surface area contributed by atoms with Gasteiger partial charge in [0.2, 0.25) is 5.91 Å². The molecule has 3 aliphatic rings. The fraction of sp³-hybridized carbons (Fsp3) is 0.538. The number of nitrogens with one attached hydrogen (secondary N) is 1. The van der Waals surface area contributed by atoms with Crippen molar-refractivity contribution in [1.82, 2.24) is 5.32 Å². The SMILES string of the molecule is NC(=O)C1(NC(=O)C2CC2)SC2=C(C(=O)CSC2)C1C(=O)O. The number of carbonyl (C=O) groups excluding carboxylic acids is 3. The fourth-order valence-electron chi connectivity index (χ4n) is 2.69. The van der Waals surface area contributed by atoms with Crippen LogP contribution in [0.1, 0.15) is 12.8 Å². The number of aliphatic carboxylic acids is 1. The quantitative estimate of drug-likeness (QED) is 0.641. The number of hydrogen-bond acceptors (Lipinski definition) is 6. The van der Waals surface area contributed by atoms with Gasteiger partial charge in [0.1, 0.15) is 5.92 Å². The first-order valence-electron chi connectivity index (χ1n) is 6.74. The molecule has 118 valence electrons. The topological polar surface area (TPSA) is 127 Å². The fourth-order valence-corrected chi connectivity index (χ4v) is 5.28. The second-order valence-electron chi connectivity index (χ2n) is 5.49. The number of hydrogen-bond donors (Lipinski definition) is 3. The number of rotatable bonds is 4. The molecule has 2 aliphatic heterocycles. The van der Waals surface area contributed by atoms with Crippen LogP contribution in [0.4, 0.5) is 0 Å². The molecule has 0 aromatic rings. The first-order chi connectivity index (χ1) is 10.4. The number of nitrogens with two attached hydrogens (primary N) is 1. The van der Waals surface area contributed by atoms with Crippen molar-refractivity contribution in [1.29, 1.82) is 0 Å². The van der Waals surface area contributed by atoms with E-state index in [0.29, 0.717) is 23.5 Å². The van der Waals surface area contributed by atoms with Gasteiger partial charge in [0.05, 0.1) is 5.75 Å². The number of amides is 2. The number of carboxylic acids is 1. The average Bonchev–Trinajstić information content (AvgIpc) is 3.21. The molecule has 3 rings (SSSR count). The molecule has 9 heteroatoms. The van der Waals surface area contributed by atoms with Crippen LogP contribution >= 0.6 is 23.5 Å². The Bertz CT molecular complexity index is 628. The van der Waals surface area contributed by atoms with E-state index in [-0.39, 0.29) is 28.9 Å². The summed E-state index contributed by atoms with van der Waals surface area (Å²) >= 11 is 2.27. The number of Topliss-reactive ketones (excluding diaryl/α,β-unsaturated/α-hetero) is 1. The third-order valence-corrected chi connectivity index (χ3v) is 6.53. The summed E-state index contributed by atoms with van der Waals surface area (Å²) in [5.41, 5.74) is 5.56. The molecule has 0 bridgehead atoms. The minimum Gasteiger partial charge on any atom is -0.481 e. The molecule has 2 amide bonds. The minimum atomic E-state index is -1.81. The maximum atomic E-state index is 12.1. The first kappa shape index (κ1) is 15.4. The summed E-state index contributed by atoms with van der Waals surface area (Å²) < 4.78 is 0. The monoisotopic (exact) mass is 342 g/mol. The van der Waals surface area contributed by atoms with Gasteiger partial charge in [0.15, 0.2) is 10.7 Å². The zero-order valence-electron chi connectivity index (χ0n) is 11.5. The second kappa shape index (κ2) is 5.31. The standard InChI is InChI=1S/C13H14N2O5S2/c14-12(20)13(15-10(17)5-1-2-5)9(11(18)19)8-6(16)3-21-4-7(8)22-13/h5,9H,1-4H2,(H2,14,20)(H,15,17)(H,18,19). The predicted octanol–water partition coefficient (Wildman–Crippen LogP) is -0.288. The molecule has 0 saturated heterocycles. The molecule has 0 spiro atoms. The summed E-state index contributed by atoms with van der Waals surface area (Å²) in [6.45, 7) is 0. The van der Waals surface area contributed by atoms with E-state index in [1.165, 1.54) is 11.8 Å². The van der Waals surface area contributed by atoms with E-state index in [9.17, 15) is 24.3 Å². The van der Waals surface area contributed by atoms with E-state index in [1.807, 2.05) is 0 Å². The molecule has 1 aliphatic carbocycles. The van der Waals surface area contributed by atoms with Gasteiger partial charge in [0, 0.05) is 22.1 Å². The number of thioether (sulfide) groups is 2. The summed E-state index contributed by atoms with van der Waals surface area (Å²) in [5, 5.41) is 12.1. The molecule has 1 fully saturated rings. The lowest BCUT2D eigenvalue weighted by Crippen LogP contribution is -2.61. The zero-order chi connectivity index (χ0) is 16.1. The highest BCUT2D eigenvalue weighted by atomic mass is 32.2. The minimum absolute atomic E-state index is 0.117. The van der Waals surface area contributed by atoms with Crippen molar-refractivity contribution in [2.45, 2.75) is 17.7 Å². The van der Waals surface area contributed by atoms with Gasteiger partial charge in [0.25, 0.3) is 5.91 Å². The average molecular weight is 342 g/mol. The highest BCUT2D eigenvalue weighted by molar-refractivity contribution is 8.08. The number of primary amides is 1. The molecular weight excluding hydrogens is 328 g/mol. The number of carboxylic acid groups (broad SMARTS) is 1. The Morgan fingerprint density at radius 3 is 2.50 bits per heavy atom. The Hall–Kier alpha value is -1.48. The summed E-state index contributed by atoms with van der Waals surface area (Å²) in [6, 6.07) is 0. The summed E-state index contributed by atoms with van der Waals surface area (Å²) in [6.07, 6.45) is 1.43. The van der Waals surface area contributed by atoms with Crippen LogP contribution in [0.25, 0.3) is 0 Å². The van der Waals surface area contributed by atoms with E-state index >= 15 is 0 Å². The molecule has 2 atom stereocenters. The van der Waals surface area contributed by atoms with E-state index in [1.54, 1.807) is 0 Å². The van der Waals surface area contributed by atoms with Crippen LogP contribution in [0.3, 0.4) is 0 Å². The maximum Gasteiger partial charge on any atom is 0.315 e. The van der Waals surface area contributed by atoms with Crippen molar-refractivity contribution in [3.8, 4) is 0 Å². The van der Waals surface area contributed by atoms with Crippen LogP contribution in [-0.4, -0.2) is 45.1 Å². The van der Waals surface area contributed by atoms with Gasteiger partial charge >= 0.3 is 5.97 Å². The molecule has 2 unspecified atom stereocenters. The predicted molar refractivity (Wildman–Crippen MR) is 80.9 cm³/mol. The molecule has 2 heterocycles. The Morgan fingerprint density at radius 2 is 1.95 bits per heavy atom. The molecule has 0 aromatic carbocycles. The summed E-state index contributed by atoms with van der Waals surface area (Å²) in [5.74, 6) is -3.96. The largest absolute Gasteiger partial charge is 0.481 e. The third kappa shape index (κ3) is 2.32. The van der Waals surface area contributed by atoms with Crippen molar-refractivity contribution in [3.63, 3.8) is 0 Å². The van der Waals surface area contributed by atoms with Gasteiger partial charge in [-0.1, -0.05) is 11.8 Å². The Morgan fingerprint density at radius 1 is 1.27 bits per heavy atom. The van der Waals surface area contributed by atoms with E-state index in [2.05, 4.69) is 5.32 Å². The smallest absolute Gasteiger partial charge is 0.315 e. The normalized spacial score (nSPS) is 30.9. The van der Waals surface area contributed by atoms with Crippen molar-refractivity contribution < 1.29 is 24.3 Å². The Balaban J connectivity index is 2.02. The molecule has 0 aromatic heterocycles. The highest BCUT2D eigenvalue weighted by Gasteiger charge is 2.60. The second-order valence-corrected chi connectivity index (χ2v) is 7.82. The lowest BCUT2D eigenvalue weighted by atomic mass is 9.87. The lowest BCUT2D eigenvalue weighted by Gasteiger charge is -2.31. The molecule has 7 nitrogen and oxygen atoms in total. The van der Waals surface area contributed by atoms with Crippen LogP contribution in [0.5, 0.6) is 0 Å². The maximum absolute atomic E-state index is 12.1. The van der Waals surface area contributed by atoms with Crippen molar-refractivity contribution in [3.05, 3.63) is 10.5 Å². The van der Waals surface area contributed by atoms with Gasteiger partial charge in [-0.25, -0.2) is 0 Å². The van der Waals surface area contributed by atoms with Crippen LogP contribution < -0.4 is 11.1 Å². The number of carbonyl (C=O) groups is 4. The lowest BCUT2D eigenvalue weighted by molar-refractivity contribution is -0.145. The van der Waals surface area contributed by atoms with Gasteiger partial charge in [-0.05, 0) is 12.8 Å². The van der Waals surface area contributed by atoms with Crippen LogP contribution in [-0.2, 0) is 19.2 Å². The summed E-state index contributed by atoms with van der Waals surface area (Å²) in [4.78, 5) is 46.7. The van der Waals surface area contributed by atoms with Crippen molar-refractivity contribution in [2.24, 2.45) is 17.6 Å². The molecule has 0 radical (unpaired) electrons. The Kier molecular flexibility index (Phi) is 3.72. The molecule has 22 heavy (non-hydrogen) atoms. The van der Waals surface area contributed by atoms with E-state index < -0.39 is 22.7 Å². The van der Waals surface area contributed by atoms with Gasteiger partial charge in [-0.15, -0.1) is 11.8 Å². The van der Waals surface area contributed by atoms with E-state index in [4.69, 9.17) is 5.73 Å². The van der Waals surface area contributed by atoms with Crippen LogP contribution in [0, 0.1) is 11.8 Å². The highest BCUT2D eigenvalue weighted by Crippen LogP contribution is 2.52. The first-order valence-corrected chi connectivity index (χ1v) is 8.71.